The fourth-order valence-corrected chi connectivity index (χ4v) is 8.99. The summed E-state index contributed by atoms with van der Waals surface area (Å²) in [7, 11) is 0.568. The highest BCUT2D eigenvalue weighted by Crippen LogP contribution is 2.44. The average molecular weight is 844 g/mol. The van der Waals surface area contributed by atoms with Gasteiger partial charge in [-0.25, -0.2) is 14.0 Å². The molecule has 1 aliphatic heterocycles. The number of carbonyl (C=O) groups is 2. The minimum absolute atomic E-state index is 0.0679. The van der Waals surface area contributed by atoms with Crippen molar-refractivity contribution in [2.45, 2.75) is 86.5 Å². The maximum absolute atomic E-state index is 14.1. The van der Waals surface area contributed by atoms with Crippen LogP contribution in [-0.4, -0.2) is 101 Å². The van der Waals surface area contributed by atoms with Crippen molar-refractivity contribution >= 4 is 37.2 Å². The van der Waals surface area contributed by atoms with Crippen LogP contribution in [0.2, 0.25) is 0 Å². The van der Waals surface area contributed by atoms with Crippen molar-refractivity contribution in [3.8, 4) is 28.5 Å². The zero-order chi connectivity index (χ0) is 43.3. The van der Waals surface area contributed by atoms with Crippen LogP contribution < -0.4 is 20.1 Å². The molecule has 0 radical (unpaired) electrons. The number of fused-ring (bicyclic) bond motifs is 2. The van der Waals surface area contributed by atoms with Gasteiger partial charge in [0.15, 0.2) is 0 Å². The van der Waals surface area contributed by atoms with Crippen LogP contribution in [-0.2, 0) is 13.8 Å². The Labute approximate surface area is 359 Å². The van der Waals surface area contributed by atoms with E-state index in [1.165, 1.54) is 0 Å². The van der Waals surface area contributed by atoms with Crippen LogP contribution in [0.5, 0.6) is 0 Å². The summed E-state index contributed by atoms with van der Waals surface area (Å²) >= 11 is 0. The lowest BCUT2D eigenvalue weighted by Crippen LogP contribution is -2.33. The summed E-state index contributed by atoms with van der Waals surface area (Å²) in [5.41, 5.74) is 5.09. The van der Waals surface area contributed by atoms with E-state index in [2.05, 4.69) is 103 Å². The number of carbonyl (C=O) groups excluding carboxylic acids is 2. The van der Waals surface area contributed by atoms with Crippen molar-refractivity contribution < 1.29 is 27.8 Å². The van der Waals surface area contributed by atoms with E-state index >= 15 is 0 Å². The van der Waals surface area contributed by atoms with Gasteiger partial charge in [-0.1, -0.05) is 44.9 Å². The molecular formula is C47H68N6O6P+. The third kappa shape index (κ3) is 13.5. The summed E-state index contributed by atoms with van der Waals surface area (Å²) in [5.74, 6) is 0.595. The van der Waals surface area contributed by atoms with Gasteiger partial charge in [-0.15, -0.1) is 0 Å². The molecule has 2 aliphatic rings. The summed E-state index contributed by atoms with van der Waals surface area (Å²) in [6, 6.07) is 22.5. The first-order chi connectivity index (χ1) is 29.2. The van der Waals surface area contributed by atoms with E-state index in [-0.39, 0.29) is 19.1 Å². The largest absolute Gasteiger partial charge is 0.456 e. The Morgan fingerprint density at radius 1 is 0.817 bits per heavy atom. The molecule has 1 heterocycles. The second kappa shape index (κ2) is 25.9. The van der Waals surface area contributed by atoms with Gasteiger partial charge in [0.25, 0.3) is 14.4 Å². The number of rotatable bonds is 26. The summed E-state index contributed by atoms with van der Waals surface area (Å²) in [4.78, 5) is 30.6. The quantitative estimate of drug-likeness (QED) is 0.0285. The number of amides is 2. The molecular weight excluding hydrogens is 776 g/mol. The summed E-state index contributed by atoms with van der Waals surface area (Å²) < 4.78 is 28.8. The minimum Gasteiger partial charge on any atom is -0.456 e. The Hall–Kier alpha value is -4.53. The van der Waals surface area contributed by atoms with E-state index in [0.717, 1.165) is 122 Å². The molecule has 0 saturated heterocycles. The number of ether oxygens (including phenoxy) is 1. The molecule has 2 amide bonds. The maximum Gasteiger partial charge on any atom is 0.407 e. The molecule has 2 aromatic carbocycles. The summed E-state index contributed by atoms with van der Waals surface area (Å²) in [6.07, 6.45) is 5.50. The lowest BCUT2D eigenvalue weighted by Gasteiger charge is -2.28. The third-order valence-electron chi connectivity index (χ3n) is 10.5. The van der Waals surface area contributed by atoms with Crippen molar-refractivity contribution in [2.75, 3.05) is 84.1 Å². The molecule has 0 spiro atoms. The third-order valence-corrected chi connectivity index (χ3v) is 12.2. The average Bonchev–Trinajstić information content (AvgIpc) is 3.26. The lowest BCUT2D eigenvalue weighted by atomic mass is 9.90. The van der Waals surface area contributed by atoms with Crippen LogP contribution in [0.1, 0.15) is 96.8 Å². The fraction of sp³-hybridized carbons (Fsp3) is 0.532. The van der Waals surface area contributed by atoms with Gasteiger partial charge in [0.2, 0.25) is 5.36 Å². The van der Waals surface area contributed by atoms with E-state index in [9.17, 15) is 9.59 Å². The van der Waals surface area contributed by atoms with Crippen LogP contribution >= 0.6 is 8.53 Å². The van der Waals surface area contributed by atoms with Gasteiger partial charge in [-0.2, -0.15) is 5.26 Å². The Kier molecular flexibility index (Phi) is 20.8. The van der Waals surface area contributed by atoms with Gasteiger partial charge in [-0.05, 0) is 83.2 Å². The first-order valence-electron chi connectivity index (χ1n) is 22.0. The smallest absolute Gasteiger partial charge is 0.407 e. The number of nitrogens with one attached hydrogen (secondary N) is 1. The SMILES string of the molecule is CCCN(CCC)P(OCCC#N)OCCCCCCNC(=O)OCCN(C)C(=O)c1ccccc1-c1c2ccc(=[N+](CC)CC)cc-2oc2cc(N(CC)CC)ccc12. The van der Waals surface area contributed by atoms with Gasteiger partial charge >= 0.3 is 6.09 Å². The first kappa shape index (κ1) is 48.1. The van der Waals surface area contributed by atoms with Crippen LogP contribution in [0.25, 0.3) is 33.4 Å². The van der Waals surface area contributed by atoms with Gasteiger partial charge in [0.05, 0.1) is 38.3 Å². The monoisotopic (exact) mass is 843 g/mol. The number of alkyl carbamates (subject to hydrolysis) is 1. The molecule has 60 heavy (non-hydrogen) atoms. The molecule has 13 heteroatoms. The highest BCUT2D eigenvalue weighted by molar-refractivity contribution is 7.44. The fourth-order valence-electron chi connectivity index (χ4n) is 7.32. The second-order valence-corrected chi connectivity index (χ2v) is 16.3. The zero-order valence-corrected chi connectivity index (χ0v) is 38.0. The highest BCUT2D eigenvalue weighted by atomic mass is 31.2. The van der Waals surface area contributed by atoms with Crippen molar-refractivity contribution in [1.29, 1.82) is 5.26 Å². The molecule has 0 aromatic heterocycles. The first-order valence-corrected chi connectivity index (χ1v) is 23.1. The Morgan fingerprint density at radius 3 is 2.23 bits per heavy atom. The number of likely N-dealkylation sites (N-methyl/N-ethyl adjacent to an activating group) is 1. The molecule has 0 saturated carbocycles. The van der Waals surface area contributed by atoms with Crippen LogP contribution in [0.15, 0.2) is 65.1 Å². The molecule has 4 rings (SSSR count). The summed E-state index contributed by atoms with van der Waals surface area (Å²) in [5, 5.41) is 13.8. The number of unbranched alkanes of at least 4 members (excludes halogenated alkanes) is 3. The Balaban J connectivity index is 1.35. The molecule has 326 valence electrons. The lowest BCUT2D eigenvalue weighted by molar-refractivity contribution is 0.0745. The van der Waals surface area contributed by atoms with E-state index in [1.807, 2.05) is 24.3 Å². The van der Waals surface area contributed by atoms with E-state index in [4.69, 9.17) is 23.5 Å². The van der Waals surface area contributed by atoms with Gasteiger partial charge in [0, 0.05) is 79.7 Å². The van der Waals surface area contributed by atoms with Gasteiger partial charge in [0.1, 0.15) is 31.0 Å². The highest BCUT2D eigenvalue weighted by Gasteiger charge is 2.25. The standard InChI is InChI=1S/C47H67N6O6P/c1-8-29-53(30-9-2)60(58-33-20-27-48)57-32-19-15-14-18-28-49-47(55)56-34-31-50(7)46(54)40-22-17-16-21-39(40)45-41-25-23-37(51(10-3)11-4)35-43(41)59-44-36-38(24-26-42(44)45)52(12-5)13-6/h16-17,21-26,35-36H,8-15,18-20,28-34H2,1-7H3/p+1. The van der Waals surface area contributed by atoms with Crippen molar-refractivity contribution in [3.05, 3.63) is 71.6 Å². The number of hydrogen-bond acceptors (Lipinski definition) is 9. The number of nitrogens with zero attached hydrogens (tertiary/aromatic N) is 5. The van der Waals surface area contributed by atoms with Crippen LogP contribution in [0.3, 0.4) is 0 Å². The maximum atomic E-state index is 14.1. The van der Waals surface area contributed by atoms with Crippen molar-refractivity contribution in [3.63, 3.8) is 0 Å². The Bertz CT molecular complexity index is 2020. The zero-order valence-electron chi connectivity index (χ0n) is 37.1. The Morgan fingerprint density at radius 2 is 1.53 bits per heavy atom. The predicted molar refractivity (Wildman–Crippen MR) is 244 cm³/mol. The van der Waals surface area contributed by atoms with Crippen LogP contribution in [0.4, 0.5) is 10.5 Å². The van der Waals surface area contributed by atoms with Crippen LogP contribution in [0, 0.1) is 11.3 Å². The van der Waals surface area contributed by atoms with E-state index in [1.54, 1.807) is 11.9 Å². The van der Waals surface area contributed by atoms with E-state index in [0.29, 0.717) is 31.7 Å². The molecule has 1 N–H and O–H groups in total. The predicted octanol–water partition coefficient (Wildman–Crippen LogP) is 9.52. The van der Waals surface area contributed by atoms with Crippen molar-refractivity contribution in [2.24, 2.45) is 0 Å². The topological polar surface area (TPSA) is 124 Å². The summed E-state index contributed by atoms with van der Waals surface area (Å²) in [6.45, 7) is 20.0. The van der Waals surface area contributed by atoms with Gasteiger partial charge in [-0.3, -0.25) is 4.79 Å². The number of anilines is 1. The second-order valence-electron chi connectivity index (χ2n) is 14.7. The molecule has 2 aromatic rings. The molecule has 0 fully saturated rings. The normalized spacial score (nSPS) is 11.8. The van der Waals surface area contributed by atoms with Crippen molar-refractivity contribution in [1.82, 2.24) is 19.5 Å². The van der Waals surface area contributed by atoms with Gasteiger partial charge < -0.3 is 33.3 Å². The molecule has 12 nitrogen and oxygen atoms in total. The molecule has 1 aliphatic carbocycles. The van der Waals surface area contributed by atoms with E-state index < -0.39 is 14.6 Å². The molecule has 1 unspecified atom stereocenters. The molecule has 1 atom stereocenters. The number of nitriles is 1. The number of hydrogen-bond donors (Lipinski definition) is 1. The minimum atomic E-state index is -1.17. The molecule has 0 bridgehead atoms. The number of benzene rings is 3.